The third-order valence-electron chi connectivity index (χ3n) is 5.74. The van der Waals surface area contributed by atoms with Gasteiger partial charge in [0.15, 0.2) is 11.5 Å². The molecular formula is C21H22FNO3. The van der Waals surface area contributed by atoms with E-state index in [0.29, 0.717) is 17.2 Å². The Kier molecular flexibility index (Phi) is 4.31. The first-order valence-electron chi connectivity index (χ1n) is 9.02. The van der Waals surface area contributed by atoms with E-state index in [4.69, 9.17) is 4.74 Å². The van der Waals surface area contributed by atoms with Gasteiger partial charge in [-0.3, -0.25) is 4.79 Å². The van der Waals surface area contributed by atoms with Crippen molar-refractivity contribution in [2.75, 3.05) is 7.11 Å². The summed E-state index contributed by atoms with van der Waals surface area (Å²) >= 11 is 0. The lowest BCUT2D eigenvalue weighted by Gasteiger charge is -2.39. The van der Waals surface area contributed by atoms with Crippen molar-refractivity contribution in [3.05, 3.63) is 59.4 Å². The maximum absolute atomic E-state index is 13.2. The first kappa shape index (κ1) is 16.9. The van der Waals surface area contributed by atoms with Crippen molar-refractivity contribution in [3.63, 3.8) is 0 Å². The number of aromatic hydroxyl groups is 1. The predicted molar refractivity (Wildman–Crippen MR) is 96.0 cm³/mol. The average molecular weight is 355 g/mol. The van der Waals surface area contributed by atoms with E-state index in [1.807, 2.05) is 17.0 Å². The van der Waals surface area contributed by atoms with Crippen LogP contribution in [0.15, 0.2) is 42.5 Å². The number of phenolic OH excluding ortho intramolecular Hbond substituents is 1. The molecule has 0 radical (unpaired) electrons. The summed E-state index contributed by atoms with van der Waals surface area (Å²) in [6, 6.07) is 11.9. The molecule has 2 aliphatic heterocycles. The van der Waals surface area contributed by atoms with Crippen LogP contribution in [0.1, 0.15) is 47.5 Å². The van der Waals surface area contributed by atoms with Crippen LogP contribution in [0.3, 0.4) is 0 Å². The van der Waals surface area contributed by atoms with Gasteiger partial charge in [-0.15, -0.1) is 0 Å². The molecule has 136 valence electrons. The first-order chi connectivity index (χ1) is 12.6. The van der Waals surface area contributed by atoms with E-state index in [0.717, 1.165) is 31.2 Å². The van der Waals surface area contributed by atoms with Gasteiger partial charge in [0.25, 0.3) is 5.91 Å². The Hall–Kier alpha value is -2.56. The lowest BCUT2D eigenvalue weighted by atomic mass is 9.85. The Bertz CT molecular complexity index is 807. The molecular weight excluding hydrogens is 333 g/mol. The van der Waals surface area contributed by atoms with Crippen LogP contribution in [-0.2, 0) is 0 Å². The Labute approximate surface area is 152 Å². The topological polar surface area (TPSA) is 49.8 Å². The fourth-order valence-electron chi connectivity index (χ4n) is 4.48. The fourth-order valence-corrected chi connectivity index (χ4v) is 4.48. The molecule has 2 heterocycles. The van der Waals surface area contributed by atoms with Gasteiger partial charge >= 0.3 is 0 Å². The van der Waals surface area contributed by atoms with Crippen molar-refractivity contribution in [1.82, 2.24) is 4.90 Å². The van der Waals surface area contributed by atoms with Crippen LogP contribution >= 0.6 is 0 Å². The van der Waals surface area contributed by atoms with Crippen molar-refractivity contribution >= 4 is 5.91 Å². The van der Waals surface area contributed by atoms with E-state index in [-0.39, 0.29) is 29.6 Å². The van der Waals surface area contributed by atoms with E-state index in [1.165, 1.54) is 25.3 Å². The maximum atomic E-state index is 13.2. The molecule has 0 saturated carbocycles. The number of halogens is 1. The first-order valence-corrected chi connectivity index (χ1v) is 9.02. The van der Waals surface area contributed by atoms with Gasteiger partial charge in [0, 0.05) is 17.6 Å². The molecule has 2 fully saturated rings. The largest absolute Gasteiger partial charge is 0.504 e. The number of hydrogen-bond acceptors (Lipinski definition) is 3. The highest BCUT2D eigenvalue weighted by molar-refractivity contribution is 5.95. The molecule has 1 amide bonds. The lowest BCUT2D eigenvalue weighted by molar-refractivity contribution is 0.0571. The Balaban J connectivity index is 1.54. The second-order valence-electron chi connectivity index (χ2n) is 7.20. The highest BCUT2D eigenvalue weighted by Gasteiger charge is 2.43. The number of hydrogen-bond donors (Lipinski definition) is 1. The summed E-state index contributed by atoms with van der Waals surface area (Å²) in [5, 5.41) is 9.75. The minimum Gasteiger partial charge on any atom is -0.504 e. The lowest BCUT2D eigenvalue weighted by Crippen LogP contribution is -2.46. The Morgan fingerprint density at radius 1 is 1.12 bits per heavy atom. The summed E-state index contributed by atoms with van der Waals surface area (Å²) < 4.78 is 18.3. The van der Waals surface area contributed by atoms with Gasteiger partial charge in [-0.25, -0.2) is 4.39 Å². The number of carbonyl (C=O) groups excluding carboxylic acids is 1. The average Bonchev–Trinajstić information content (AvgIpc) is 2.91. The van der Waals surface area contributed by atoms with Gasteiger partial charge < -0.3 is 14.7 Å². The monoisotopic (exact) mass is 355 g/mol. The van der Waals surface area contributed by atoms with Crippen molar-refractivity contribution in [3.8, 4) is 11.5 Å². The molecule has 5 heteroatoms. The molecule has 1 N–H and O–H groups in total. The number of piperidine rings is 1. The Morgan fingerprint density at radius 3 is 2.38 bits per heavy atom. The van der Waals surface area contributed by atoms with Crippen LogP contribution in [0.25, 0.3) is 0 Å². The van der Waals surface area contributed by atoms with Crippen molar-refractivity contribution in [2.45, 2.75) is 43.7 Å². The minimum absolute atomic E-state index is 0.00615. The van der Waals surface area contributed by atoms with Crippen molar-refractivity contribution < 1.29 is 19.0 Å². The van der Waals surface area contributed by atoms with E-state index in [2.05, 4.69) is 0 Å². The number of carbonyl (C=O) groups is 1. The summed E-state index contributed by atoms with van der Waals surface area (Å²) in [5.41, 5.74) is 1.69. The number of amides is 1. The summed E-state index contributed by atoms with van der Waals surface area (Å²) in [7, 11) is 1.47. The van der Waals surface area contributed by atoms with Crippen LogP contribution in [-0.4, -0.2) is 35.1 Å². The zero-order valence-electron chi connectivity index (χ0n) is 14.7. The number of nitrogens with zero attached hydrogens (tertiary/aromatic N) is 1. The third-order valence-corrected chi connectivity index (χ3v) is 5.74. The molecule has 2 aromatic carbocycles. The van der Waals surface area contributed by atoms with E-state index in [1.54, 1.807) is 12.1 Å². The summed E-state index contributed by atoms with van der Waals surface area (Å²) in [6.07, 6.45) is 3.82. The van der Waals surface area contributed by atoms with E-state index >= 15 is 0 Å². The van der Waals surface area contributed by atoms with Gasteiger partial charge in [0.2, 0.25) is 0 Å². The number of ether oxygens (including phenoxy) is 1. The van der Waals surface area contributed by atoms with Crippen LogP contribution < -0.4 is 4.74 Å². The normalized spacial score (nSPS) is 24.5. The number of phenols is 1. The van der Waals surface area contributed by atoms with Gasteiger partial charge in [0.05, 0.1) is 7.11 Å². The van der Waals surface area contributed by atoms with Crippen LogP contribution in [0.4, 0.5) is 4.39 Å². The molecule has 2 aliphatic rings. The zero-order chi connectivity index (χ0) is 18.3. The predicted octanol–water partition coefficient (Wildman–Crippen LogP) is 4.09. The molecule has 3 atom stereocenters. The molecule has 4 nitrogen and oxygen atoms in total. The number of benzene rings is 2. The van der Waals surface area contributed by atoms with E-state index < -0.39 is 0 Å². The molecule has 2 saturated heterocycles. The van der Waals surface area contributed by atoms with Gasteiger partial charge in [-0.2, -0.15) is 0 Å². The zero-order valence-corrected chi connectivity index (χ0v) is 14.7. The maximum Gasteiger partial charge on any atom is 0.254 e. The molecule has 0 spiro atoms. The molecule has 0 unspecified atom stereocenters. The van der Waals surface area contributed by atoms with Gasteiger partial charge in [-0.1, -0.05) is 12.1 Å². The van der Waals surface area contributed by atoms with Crippen LogP contribution in [0, 0.1) is 5.82 Å². The summed E-state index contributed by atoms with van der Waals surface area (Å²) in [6.45, 7) is 0. The van der Waals surface area contributed by atoms with Gasteiger partial charge in [0.1, 0.15) is 5.82 Å². The fraction of sp³-hybridized carbons (Fsp3) is 0.381. The smallest absolute Gasteiger partial charge is 0.254 e. The highest BCUT2D eigenvalue weighted by atomic mass is 19.1. The minimum atomic E-state index is -0.217. The molecule has 0 aromatic heterocycles. The number of fused-ring (bicyclic) bond motifs is 2. The third kappa shape index (κ3) is 2.91. The standard InChI is InChI=1S/C21H22FNO3/c1-26-20-12-14(4-9-19(20)24)21(25)23-17-7-8-18(23)11-15(10-17)13-2-5-16(22)6-3-13/h2-6,9,12,15,17-18,24H,7-8,10-11H2,1H3/t15-,17+,18-. The number of methoxy groups -OCH3 is 1. The van der Waals surface area contributed by atoms with E-state index in [9.17, 15) is 14.3 Å². The molecule has 2 aromatic rings. The van der Waals surface area contributed by atoms with Crippen molar-refractivity contribution in [1.29, 1.82) is 0 Å². The Morgan fingerprint density at radius 2 is 1.77 bits per heavy atom. The molecule has 26 heavy (non-hydrogen) atoms. The highest BCUT2D eigenvalue weighted by Crippen LogP contribution is 2.44. The molecule has 4 rings (SSSR count). The summed E-state index contributed by atoms with van der Waals surface area (Å²) in [4.78, 5) is 15.1. The SMILES string of the molecule is COc1cc(C(=O)N2[C@@H]3CC[C@H]2C[C@@H](c2ccc(F)cc2)C3)ccc1O. The summed E-state index contributed by atoms with van der Waals surface area (Å²) in [5.74, 6) is 0.483. The molecule has 0 aliphatic carbocycles. The van der Waals surface area contributed by atoms with Gasteiger partial charge in [-0.05, 0) is 67.5 Å². The molecule has 2 bridgehead atoms. The van der Waals surface area contributed by atoms with Crippen molar-refractivity contribution in [2.24, 2.45) is 0 Å². The van der Waals surface area contributed by atoms with Crippen LogP contribution in [0.2, 0.25) is 0 Å². The van der Waals surface area contributed by atoms with Crippen LogP contribution in [0.5, 0.6) is 11.5 Å². The second kappa shape index (κ2) is 6.63. The second-order valence-corrected chi connectivity index (χ2v) is 7.20. The number of rotatable bonds is 3. The quantitative estimate of drug-likeness (QED) is 0.902.